The van der Waals surface area contributed by atoms with E-state index < -0.39 is 0 Å². The van der Waals surface area contributed by atoms with E-state index in [4.69, 9.17) is 0 Å². The van der Waals surface area contributed by atoms with E-state index in [9.17, 15) is 9.59 Å². The first-order valence-corrected chi connectivity index (χ1v) is 7.00. The van der Waals surface area contributed by atoms with E-state index in [1.165, 1.54) is 0 Å². The summed E-state index contributed by atoms with van der Waals surface area (Å²) in [5.74, 6) is 0.149. The van der Waals surface area contributed by atoms with Gasteiger partial charge in [0.25, 0.3) is 0 Å². The van der Waals surface area contributed by atoms with Crippen molar-refractivity contribution in [3.63, 3.8) is 0 Å². The molecule has 0 spiro atoms. The highest BCUT2D eigenvalue weighted by Gasteiger charge is 2.35. The van der Waals surface area contributed by atoms with Crippen molar-refractivity contribution < 1.29 is 9.59 Å². The predicted octanol–water partition coefficient (Wildman–Crippen LogP) is 0.887. The van der Waals surface area contributed by atoms with Crippen LogP contribution in [0.5, 0.6) is 0 Å². The molecule has 1 N–H and O–H groups in total. The molecule has 106 valence electrons. The first-order chi connectivity index (χ1) is 9.63. The van der Waals surface area contributed by atoms with Gasteiger partial charge in [0.1, 0.15) is 0 Å². The number of amides is 2. The molecule has 3 rings (SSSR count). The van der Waals surface area contributed by atoms with Crippen molar-refractivity contribution >= 4 is 11.8 Å². The van der Waals surface area contributed by atoms with E-state index in [0.717, 1.165) is 24.2 Å². The van der Waals surface area contributed by atoms with Crippen molar-refractivity contribution in [3.05, 3.63) is 35.4 Å². The van der Waals surface area contributed by atoms with Gasteiger partial charge >= 0.3 is 6.03 Å². The molecule has 1 atom stereocenters. The van der Waals surface area contributed by atoms with Crippen LogP contribution in [0.3, 0.4) is 0 Å². The Bertz CT molecular complexity index is 526. The number of urea groups is 1. The van der Waals surface area contributed by atoms with E-state index in [0.29, 0.717) is 19.6 Å². The van der Waals surface area contributed by atoms with Crippen molar-refractivity contribution in [3.8, 4) is 0 Å². The predicted molar refractivity (Wildman–Crippen MR) is 75.8 cm³/mol. The van der Waals surface area contributed by atoms with Crippen molar-refractivity contribution in [2.24, 2.45) is 0 Å². The third-order valence-corrected chi connectivity index (χ3v) is 4.06. The molecule has 2 amide bonds. The molecular formula is C15H19N3O2. The number of aryl methyl sites for hydroxylation is 1. The molecular weight excluding hydrogens is 254 g/mol. The largest absolute Gasteiger partial charge is 0.336 e. The molecule has 0 radical (unpaired) electrons. The molecule has 20 heavy (non-hydrogen) atoms. The van der Waals surface area contributed by atoms with Crippen molar-refractivity contribution in [1.29, 1.82) is 0 Å². The topological polar surface area (TPSA) is 52.7 Å². The van der Waals surface area contributed by atoms with Crippen molar-refractivity contribution in [2.45, 2.75) is 13.0 Å². The molecule has 0 aromatic heterocycles. The van der Waals surface area contributed by atoms with Crippen LogP contribution in [-0.2, 0) is 0 Å². The van der Waals surface area contributed by atoms with E-state index in [1.54, 1.807) is 0 Å². The van der Waals surface area contributed by atoms with Crippen LogP contribution in [0.15, 0.2) is 24.3 Å². The lowest BCUT2D eigenvalue weighted by atomic mass is 10.1. The molecule has 2 fully saturated rings. The zero-order valence-corrected chi connectivity index (χ0v) is 11.6. The van der Waals surface area contributed by atoms with Gasteiger partial charge in [0, 0.05) is 31.7 Å². The Morgan fingerprint density at radius 1 is 1.30 bits per heavy atom. The summed E-state index contributed by atoms with van der Waals surface area (Å²) in [6.45, 7) is 5.38. The zero-order chi connectivity index (χ0) is 14.1. The summed E-state index contributed by atoms with van der Waals surface area (Å²) in [7, 11) is 0. The molecule has 2 aliphatic heterocycles. The Hall–Kier alpha value is -1.88. The van der Waals surface area contributed by atoms with Crippen LogP contribution in [0, 0.1) is 6.92 Å². The van der Waals surface area contributed by atoms with Gasteiger partial charge in [-0.2, -0.15) is 0 Å². The number of benzene rings is 1. The Morgan fingerprint density at radius 2 is 2.05 bits per heavy atom. The van der Waals surface area contributed by atoms with Crippen LogP contribution in [0.2, 0.25) is 0 Å². The van der Waals surface area contributed by atoms with Gasteiger partial charge in [0.2, 0.25) is 0 Å². The van der Waals surface area contributed by atoms with E-state index in [1.807, 2.05) is 36.1 Å². The van der Waals surface area contributed by atoms with Gasteiger partial charge in [-0.1, -0.05) is 29.8 Å². The number of carbonyl (C=O) groups is 2. The SMILES string of the molecule is Cc1ccc(C(=O)CN2CCN3C(=O)NCC3C2)cc1. The van der Waals surface area contributed by atoms with Gasteiger partial charge in [-0.3, -0.25) is 9.69 Å². The van der Waals surface area contributed by atoms with Crippen LogP contribution < -0.4 is 5.32 Å². The van der Waals surface area contributed by atoms with Gasteiger partial charge in [-0.05, 0) is 6.92 Å². The van der Waals surface area contributed by atoms with Crippen LogP contribution in [0.25, 0.3) is 0 Å². The summed E-state index contributed by atoms with van der Waals surface area (Å²) in [6, 6.07) is 7.93. The Balaban J connectivity index is 1.60. The standard InChI is InChI=1S/C15H19N3O2/c1-11-2-4-12(5-3-11)14(19)10-17-6-7-18-13(9-17)8-16-15(18)20/h2-5,13H,6-10H2,1H3,(H,16,20). The molecule has 5 nitrogen and oxygen atoms in total. The number of hydrogen-bond donors (Lipinski definition) is 1. The highest BCUT2D eigenvalue weighted by Crippen LogP contribution is 2.15. The number of nitrogens with one attached hydrogen (secondary N) is 1. The van der Waals surface area contributed by atoms with Crippen LogP contribution >= 0.6 is 0 Å². The maximum atomic E-state index is 12.2. The monoisotopic (exact) mass is 273 g/mol. The molecule has 0 bridgehead atoms. The molecule has 1 unspecified atom stereocenters. The summed E-state index contributed by atoms with van der Waals surface area (Å²) in [6.07, 6.45) is 0. The maximum absolute atomic E-state index is 12.2. The Morgan fingerprint density at radius 3 is 2.80 bits per heavy atom. The molecule has 2 saturated heterocycles. The number of Topliss-reactive ketones (excluding diaryl/α,β-unsaturated/α-hetero) is 1. The Labute approximate surface area is 118 Å². The summed E-state index contributed by atoms with van der Waals surface area (Å²) in [5.41, 5.74) is 1.92. The van der Waals surface area contributed by atoms with E-state index in [-0.39, 0.29) is 17.9 Å². The molecule has 0 aliphatic carbocycles. The lowest BCUT2D eigenvalue weighted by Crippen LogP contribution is -2.53. The average molecular weight is 273 g/mol. The van der Waals surface area contributed by atoms with Gasteiger partial charge in [-0.25, -0.2) is 4.79 Å². The lowest BCUT2D eigenvalue weighted by Gasteiger charge is -2.35. The van der Waals surface area contributed by atoms with Crippen molar-refractivity contribution in [1.82, 2.24) is 15.1 Å². The van der Waals surface area contributed by atoms with Gasteiger partial charge in [-0.15, -0.1) is 0 Å². The molecule has 1 aromatic carbocycles. The highest BCUT2D eigenvalue weighted by molar-refractivity contribution is 5.97. The molecule has 0 saturated carbocycles. The number of hydrogen-bond acceptors (Lipinski definition) is 3. The molecule has 5 heteroatoms. The fraction of sp³-hybridized carbons (Fsp3) is 0.467. The minimum Gasteiger partial charge on any atom is -0.336 e. The fourth-order valence-corrected chi connectivity index (χ4v) is 2.85. The summed E-state index contributed by atoms with van der Waals surface area (Å²) >= 11 is 0. The number of carbonyl (C=O) groups excluding carboxylic acids is 2. The second-order valence-electron chi connectivity index (χ2n) is 5.56. The first kappa shape index (κ1) is 13.1. The highest BCUT2D eigenvalue weighted by atomic mass is 16.2. The van der Waals surface area contributed by atoms with E-state index >= 15 is 0 Å². The summed E-state index contributed by atoms with van der Waals surface area (Å²) in [5, 5.41) is 2.85. The molecule has 2 heterocycles. The van der Waals surface area contributed by atoms with Gasteiger partial charge in [0.05, 0.1) is 12.6 Å². The second-order valence-corrected chi connectivity index (χ2v) is 5.56. The number of fused-ring (bicyclic) bond motifs is 1. The fourth-order valence-electron chi connectivity index (χ4n) is 2.85. The maximum Gasteiger partial charge on any atom is 0.317 e. The van der Waals surface area contributed by atoms with E-state index in [2.05, 4.69) is 10.2 Å². The zero-order valence-electron chi connectivity index (χ0n) is 11.6. The van der Waals surface area contributed by atoms with Gasteiger partial charge < -0.3 is 10.2 Å². The average Bonchev–Trinajstić information content (AvgIpc) is 2.81. The van der Waals surface area contributed by atoms with Crippen LogP contribution in [0.4, 0.5) is 4.79 Å². The quantitative estimate of drug-likeness (QED) is 0.832. The second kappa shape index (κ2) is 5.25. The summed E-state index contributed by atoms with van der Waals surface area (Å²) < 4.78 is 0. The number of rotatable bonds is 3. The van der Waals surface area contributed by atoms with Crippen molar-refractivity contribution in [2.75, 3.05) is 32.7 Å². The van der Waals surface area contributed by atoms with Crippen LogP contribution in [-0.4, -0.2) is 60.4 Å². The number of piperazine rings is 1. The normalized spacial score (nSPS) is 22.6. The third-order valence-electron chi connectivity index (χ3n) is 4.06. The van der Waals surface area contributed by atoms with Crippen LogP contribution in [0.1, 0.15) is 15.9 Å². The van der Waals surface area contributed by atoms with Gasteiger partial charge in [0.15, 0.2) is 5.78 Å². The number of ketones is 1. The smallest absolute Gasteiger partial charge is 0.317 e. The minimum absolute atomic E-state index is 0.0273. The first-order valence-electron chi connectivity index (χ1n) is 7.00. The molecule has 1 aromatic rings. The molecule has 2 aliphatic rings. The Kier molecular flexibility index (Phi) is 3.44. The minimum atomic E-state index is 0.0273. The lowest BCUT2D eigenvalue weighted by molar-refractivity contribution is 0.0838. The third kappa shape index (κ3) is 2.54. The number of nitrogens with zero attached hydrogens (tertiary/aromatic N) is 2. The summed E-state index contributed by atoms with van der Waals surface area (Å²) in [4.78, 5) is 27.8.